The Morgan fingerprint density at radius 3 is 2.52 bits per heavy atom. The van der Waals surface area contributed by atoms with E-state index in [2.05, 4.69) is 10.3 Å². The lowest BCUT2D eigenvalue weighted by atomic mass is 10.1. The molecule has 2 aromatic rings. The van der Waals surface area contributed by atoms with Crippen LogP contribution in [0.5, 0.6) is 17.2 Å². The number of nitrogens with zero attached hydrogens (tertiary/aromatic N) is 1. The van der Waals surface area contributed by atoms with Crippen molar-refractivity contribution < 1.29 is 42.5 Å². The van der Waals surface area contributed by atoms with Gasteiger partial charge in [0.1, 0.15) is 24.2 Å². The van der Waals surface area contributed by atoms with Gasteiger partial charge in [-0.3, -0.25) is 14.4 Å². The molecule has 1 aromatic heterocycles. The molecule has 1 unspecified atom stereocenters. The second-order valence-electron chi connectivity index (χ2n) is 6.73. The molecule has 10 nitrogen and oxygen atoms in total. The lowest BCUT2D eigenvalue weighted by Gasteiger charge is -2.16. The summed E-state index contributed by atoms with van der Waals surface area (Å²) in [7, 11) is 2.78. The maximum atomic E-state index is 13.3. The van der Waals surface area contributed by atoms with E-state index in [1.165, 1.54) is 45.5 Å². The Morgan fingerprint density at radius 1 is 1.12 bits per heavy atom. The molecule has 0 radical (unpaired) electrons. The standard InChI is InChI=1S/C22H25FN2O8/c1-13(9-15-5-6-16(23)10-18(15)30-4)33-19(27)11-25-22(28)20-21(32-12-31-14(2)26)17(29-3)7-8-24-20/h5-8,10,13H,9,11-12H2,1-4H3,(H,25,28). The fourth-order valence-corrected chi connectivity index (χ4v) is 2.80. The van der Waals surface area contributed by atoms with Gasteiger partial charge < -0.3 is 29.0 Å². The Bertz CT molecular complexity index is 998. The van der Waals surface area contributed by atoms with Gasteiger partial charge >= 0.3 is 11.9 Å². The van der Waals surface area contributed by atoms with Crippen LogP contribution in [0.2, 0.25) is 0 Å². The van der Waals surface area contributed by atoms with Crippen LogP contribution >= 0.6 is 0 Å². The highest BCUT2D eigenvalue weighted by Crippen LogP contribution is 2.29. The van der Waals surface area contributed by atoms with Crippen molar-refractivity contribution in [3.8, 4) is 17.2 Å². The molecule has 178 valence electrons. The van der Waals surface area contributed by atoms with Gasteiger partial charge in [-0.05, 0) is 18.6 Å². The maximum absolute atomic E-state index is 13.3. The zero-order valence-electron chi connectivity index (χ0n) is 18.7. The highest BCUT2D eigenvalue weighted by molar-refractivity contribution is 5.97. The van der Waals surface area contributed by atoms with E-state index in [1.54, 1.807) is 13.0 Å². The Labute approximate surface area is 189 Å². The number of rotatable bonds is 11. The molecule has 1 heterocycles. The van der Waals surface area contributed by atoms with Gasteiger partial charge in [0.15, 0.2) is 17.2 Å². The van der Waals surface area contributed by atoms with Crippen LogP contribution in [0.25, 0.3) is 0 Å². The molecule has 1 N–H and O–H groups in total. The minimum atomic E-state index is -0.725. The van der Waals surface area contributed by atoms with Crippen LogP contribution in [0.3, 0.4) is 0 Å². The van der Waals surface area contributed by atoms with Crippen molar-refractivity contribution in [3.63, 3.8) is 0 Å². The van der Waals surface area contributed by atoms with Gasteiger partial charge in [0.05, 0.1) is 14.2 Å². The molecule has 33 heavy (non-hydrogen) atoms. The second kappa shape index (κ2) is 12.2. The molecule has 0 spiro atoms. The van der Waals surface area contributed by atoms with E-state index in [4.69, 9.17) is 23.7 Å². The van der Waals surface area contributed by atoms with Crippen molar-refractivity contribution in [1.29, 1.82) is 0 Å². The predicted octanol–water partition coefficient (Wildman–Crippen LogP) is 2.04. The molecular weight excluding hydrogens is 439 g/mol. The normalized spacial score (nSPS) is 11.2. The van der Waals surface area contributed by atoms with E-state index in [0.29, 0.717) is 11.3 Å². The number of methoxy groups -OCH3 is 2. The third kappa shape index (κ3) is 7.63. The van der Waals surface area contributed by atoms with Crippen LogP contribution in [0.15, 0.2) is 30.5 Å². The van der Waals surface area contributed by atoms with Crippen LogP contribution in [0.1, 0.15) is 29.9 Å². The highest BCUT2D eigenvalue weighted by atomic mass is 19.1. The second-order valence-corrected chi connectivity index (χ2v) is 6.73. The van der Waals surface area contributed by atoms with E-state index in [9.17, 15) is 18.8 Å². The molecule has 1 atom stereocenters. The van der Waals surface area contributed by atoms with Gasteiger partial charge in [-0.1, -0.05) is 6.07 Å². The van der Waals surface area contributed by atoms with Crippen LogP contribution in [0.4, 0.5) is 4.39 Å². The van der Waals surface area contributed by atoms with Crippen molar-refractivity contribution >= 4 is 17.8 Å². The monoisotopic (exact) mass is 464 g/mol. The van der Waals surface area contributed by atoms with Gasteiger partial charge in [-0.15, -0.1) is 0 Å². The summed E-state index contributed by atoms with van der Waals surface area (Å²) in [5, 5.41) is 2.40. The number of aromatic nitrogens is 1. The molecule has 1 aromatic carbocycles. The molecule has 2 rings (SSSR count). The van der Waals surface area contributed by atoms with E-state index < -0.39 is 43.1 Å². The summed E-state index contributed by atoms with van der Waals surface area (Å²) in [5.41, 5.74) is 0.497. The smallest absolute Gasteiger partial charge is 0.325 e. The maximum Gasteiger partial charge on any atom is 0.325 e. The third-order valence-electron chi connectivity index (χ3n) is 4.25. The number of carbonyl (C=O) groups excluding carboxylic acids is 3. The number of amides is 1. The number of hydrogen-bond acceptors (Lipinski definition) is 9. The molecule has 0 saturated heterocycles. The van der Waals surface area contributed by atoms with Gasteiger partial charge in [0.25, 0.3) is 5.91 Å². The summed E-state index contributed by atoms with van der Waals surface area (Å²) in [4.78, 5) is 39.6. The van der Waals surface area contributed by atoms with Gasteiger partial charge in [-0.25, -0.2) is 9.37 Å². The van der Waals surface area contributed by atoms with Crippen LogP contribution < -0.4 is 19.5 Å². The summed E-state index contributed by atoms with van der Waals surface area (Å²) in [5.74, 6) is -1.95. The van der Waals surface area contributed by atoms with Crippen LogP contribution in [-0.4, -0.2) is 56.5 Å². The lowest BCUT2D eigenvalue weighted by molar-refractivity contribution is -0.148. The molecule has 1 amide bonds. The largest absolute Gasteiger partial charge is 0.496 e. The zero-order valence-corrected chi connectivity index (χ0v) is 18.7. The first-order chi connectivity index (χ1) is 15.7. The van der Waals surface area contributed by atoms with Crippen molar-refractivity contribution in [2.24, 2.45) is 0 Å². The Hall–Kier alpha value is -3.89. The molecule has 0 aliphatic heterocycles. The number of carbonyl (C=O) groups is 3. The first-order valence-corrected chi connectivity index (χ1v) is 9.84. The molecule has 0 aliphatic carbocycles. The molecule has 0 aliphatic rings. The van der Waals surface area contributed by atoms with E-state index >= 15 is 0 Å². The summed E-state index contributed by atoms with van der Waals surface area (Å²) in [6.07, 6.45) is 1.05. The number of benzene rings is 1. The summed E-state index contributed by atoms with van der Waals surface area (Å²) >= 11 is 0. The first-order valence-electron chi connectivity index (χ1n) is 9.84. The molecular formula is C22H25FN2O8. The van der Waals surface area contributed by atoms with Crippen molar-refractivity contribution in [2.75, 3.05) is 27.6 Å². The highest BCUT2D eigenvalue weighted by Gasteiger charge is 2.21. The van der Waals surface area contributed by atoms with E-state index in [0.717, 1.165) is 0 Å². The number of ether oxygens (including phenoxy) is 5. The van der Waals surface area contributed by atoms with E-state index in [1.807, 2.05) is 0 Å². The zero-order chi connectivity index (χ0) is 24.4. The quantitative estimate of drug-likeness (QED) is 0.393. The summed E-state index contributed by atoms with van der Waals surface area (Å²) in [6.45, 7) is 1.97. The number of nitrogens with one attached hydrogen (secondary N) is 1. The van der Waals surface area contributed by atoms with Crippen molar-refractivity contribution in [3.05, 3.63) is 47.5 Å². The number of halogens is 1. The van der Waals surface area contributed by atoms with Crippen LogP contribution in [-0.2, 0) is 25.5 Å². The Morgan fingerprint density at radius 2 is 1.85 bits per heavy atom. The first kappa shape index (κ1) is 25.4. The molecule has 0 bridgehead atoms. The van der Waals surface area contributed by atoms with Gasteiger partial charge in [-0.2, -0.15) is 0 Å². The Balaban J connectivity index is 1.96. The lowest BCUT2D eigenvalue weighted by Crippen LogP contribution is -2.33. The minimum Gasteiger partial charge on any atom is -0.496 e. The average molecular weight is 464 g/mol. The minimum absolute atomic E-state index is 0.0520. The number of hydrogen-bond donors (Lipinski definition) is 1. The third-order valence-corrected chi connectivity index (χ3v) is 4.25. The fraction of sp³-hybridized carbons (Fsp3) is 0.364. The predicted molar refractivity (Wildman–Crippen MR) is 113 cm³/mol. The molecule has 0 fully saturated rings. The SMILES string of the molecule is COc1cc(F)ccc1CC(C)OC(=O)CNC(=O)c1nccc(OC)c1OCOC(C)=O. The topological polar surface area (TPSA) is 122 Å². The Kier molecular flexibility index (Phi) is 9.40. The number of pyridine rings is 1. The molecule has 0 saturated carbocycles. The van der Waals surface area contributed by atoms with Crippen LogP contribution in [0, 0.1) is 5.82 Å². The average Bonchev–Trinajstić information content (AvgIpc) is 2.78. The number of esters is 2. The van der Waals surface area contributed by atoms with Gasteiger partial charge in [0, 0.05) is 31.7 Å². The van der Waals surface area contributed by atoms with E-state index in [-0.39, 0.29) is 23.6 Å². The van der Waals surface area contributed by atoms with Crippen molar-refractivity contribution in [1.82, 2.24) is 10.3 Å². The van der Waals surface area contributed by atoms with Gasteiger partial charge in [0.2, 0.25) is 6.79 Å². The molecule has 11 heteroatoms. The van der Waals surface area contributed by atoms with Crippen molar-refractivity contribution in [2.45, 2.75) is 26.4 Å². The fourth-order valence-electron chi connectivity index (χ4n) is 2.80. The summed E-state index contributed by atoms with van der Waals surface area (Å²) < 4.78 is 38.9. The summed E-state index contributed by atoms with van der Waals surface area (Å²) in [6, 6.07) is 5.53.